The third-order valence-corrected chi connectivity index (χ3v) is 4.29. The van der Waals surface area contributed by atoms with Gasteiger partial charge in [0.05, 0.1) is 0 Å². The van der Waals surface area contributed by atoms with Gasteiger partial charge < -0.3 is 15.5 Å². The van der Waals surface area contributed by atoms with Crippen LogP contribution in [0.2, 0.25) is 0 Å². The van der Waals surface area contributed by atoms with Crippen LogP contribution in [-0.2, 0) is 11.2 Å². The van der Waals surface area contributed by atoms with Gasteiger partial charge in [-0.25, -0.2) is 0 Å². The van der Waals surface area contributed by atoms with Crippen LogP contribution in [0.5, 0.6) is 0 Å². The first kappa shape index (κ1) is 13.3. The van der Waals surface area contributed by atoms with Gasteiger partial charge in [0.1, 0.15) is 0 Å². The first-order valence-electron chi connectivity index (χ1n) is 7.61. The molecule has 1 aromatic carbocycles. The fourth-order valence-corrected chi connectivity index (χ4v) is 3.23. The molecule has 20 heavy (non-hydrogen) atoms. The minimum atomic E-state index is 0.0864. The molecule has 0 bridgehead atoms. The summed E-state index contributed by atoms with van der Waals surface area (Å²) in [5.41, 5.74) is 4.07. The van der Waals surface area contributed by atoms with E-state index in [1.807, 2.05) is 0 Å². The molecule has 4 heteroatoms. The summed E-state index contributed by atoms with van der Waals surface area (Å²) in [4.78, 5) is 13.5. The van der Waals surface area contributed by atoms with Gasteiger partial charge in [-0.05, 0) is 49.4 Å². The average molecular weight is 273 g/mol. The van der Waals surface area contributed by atoms with Crippen LogP contribution in [0.1, 0.15) is 31.7 Å². The van der Waals surface area contributed by atoms with Crippen molar-refractivity contribution in [1.29, 1.82) is 0 Å². The van der Waals surface area contributed by atoms with Gasteiger partial charge in [-0.3, -0.25) is 4.79 Å². The molecule has 108 valence electrons. The van der Waals surface area contributed by atoms with Crippen molar-refractivity contribution in [2.24, 2.45) is 0 Å². The standard InChI is InChI=1S/C16H23N3O/c1-12(20)18-14-6-9-19(10-7-14)15-4-5-16-13(11-15)3-2-8-17-16/h4-5,11,14,17H,2-3,6-10H2,1H3,(H,18,20). The van der Waals surface area contributed by atoms with Gasteiger partial charge in [0.15, 0.2) is 0 Å². The Labute approximate surface area is 120 Å². The van der Waals surface area contributed by atoms with Crippen LogP contribution in [0.15, 0.2) is 18.2 Å². The SMILES string of the molecule is CC(=O)NC1CCN(c2ccc3c(c2)CCCN3)CC1. The van der Waals surface area contributed by atoms with Crippen molar-refractivity contribution in [3.05, 3.63) is 23.8 Å². The molecule has 2 aliphatic heterocycles. The highest BCUT2D eigenvalue weighted by atomic mass is 16.1. The van der Waals surface area contributed by atoms with Gasteiger partial charge in [0.25, 0.3) is 0 Å². The number of aryl methyl sites for hydroxylation is 1. The Morgan fingerprint density at radius 1 is 1.35 bits per heavy atom. The highest BCUT2D eigenvalue weighted by molar-refractivity contribution is 5.73. The number of anilines is 2. The third-order valence-electron chi connectivity index (χ3n) is 4.29. The molecule has 0 atom stereocenters. The Balaban J connectivity index is 1.64. The number of fused-ring (bicyclic) bond motifs is 1. The summed E-state index contributed by atoms with van der Waals surface area (Å²) in [7, 11) is 0. The fourth-order valence-electron chi connectivity index (χ4n) is 3.23. The number of carbonyl (C=O) groups excluding carboxylic acids is 1. The lowest BCUT2D eigenvalue weighted by atomic mass is 10.0. The van der Waals surface area contributed by atoms with E-state index in [1.165, 1.54) is 29.8 Å². The number of benzene rings is 1. The van der Waals surface area contributed by atoms with Crippen molar-refractivity contribution in [3.63, 3.8) is 0 Å². The third kappa shape index (κ3) is 2.89. The lowest BCUT2D eigenvalue weighted by Crippen LogP contribution is -2.44. The number of nitrogens with one attached hydrogen (secondary N) is 2. The zero-order valence-corrected chi connectivity index (χ0v) is 12.1. The van der Waals surface area contributed by atoms with E-state index in [0.29, 0.717) is 6.04 Å². The first-order valence-corrected chi connectivity index (χ1v) is 7.61. The largest absolute Gasteiger partial charge is 0.385 e. The second kappa shape index (κ2) is 5.73. The van der Waals surface area contributed by atoms with Crippen molar-refractivity contribution in [1.82, 2.24) is 5.32 Å². The molecule has 1 aromatic rings. The summed E-state index contributed by atoms with van der Waals surface area (Å²) in [5.74, 6) is 0.0864. The molecule has 4 nitrogen and oxygen atoms in total. The van der Waals surface area contributed by atoms with Crippen LogP contribution in [-0.4, -0.2) is 31.6 Å². The van der Waals surface area contributed by atoms with Crippen molar-refractivity contribution < 1.29 is 4.79 Å². The van der Waals surface area contributed by atoms with Crippen LogP contribution in [0, 0.1) is 0 Å². The maximum atomic E-state index is 11.1. The number of nitrogens with zero attached hydrogens (tertiary/aromatic N) is 1. The van der Waals surface area contributed by atoms with E-state index in [-0.39, 0.29) is 5.91 Å². The van der Waals surface area contributed by atoms with Gasteiger partial charge in [-0.15, -0.1) is 0 Å². The van der Waals surface area contributed by atoms with Gasteiger partial charge >= 0.3 is 0 Å². The molecular formula is C16H23N3O. The molecule has 0 unspecified atom stereocenters. The highest BCUT2D eigenvalue weighted by Crippen LogP contribution is 2.28. The van der Waals surface area contributed by atoms with E-state index >= 15 is 0 Å². The van der Waals surface area contributed by atoms with Crippen LogP contribution < -0.4 is 15.5 Å². The molecule has 2 N–H and O–H groups in total. The second-order valence-corrected chi connectivity index (χ2v) is 5.83. The number of piperidine rings is 1. The molecule has 1 amide bonds. The van der Waals surface area contributed by atoms with Gasteiger partial charge in [-0.2, -0.15) is 0 Å². The zero-order valence-electron chi connectivity index (χ0n) is 12.1. The Kier molecular flexibility index (Phi) is 3.81. The highest BCUT2D eigenvalue weighted by Gasteiger charge is 2.20. The topological polar surface area (TPSA) is 44.4 Å². The van der Waals surface area contributed by atoms with Crippen molar-refractivity contribution in [2.75, 3.05) is 29.9 Å². The molecule has 2 heterocycles. The number of hydrogen-bond acceptors (Lipinski definition) is 3. The van der Waals surface area contributed by atoms with E-state index in [0.717, 1.165) is 32.5 Å². The molecule has 0 aliphatic carbocycles. The second-order valence-electron chi connectivity index (χ2n) is 5.83. The van der Waals surface area contributed by atoms with Gasteiger partial charge in [0, 0.05) is 44.0 Å². The van der Waals surface area contributed by atoms with Crippen molar-refractivity contribution >= 4 is 17.3 Å². The Morgan fingerprint density at radius 2 is 2.15 bits per heavy atom. The predicted octanol–water partition coefficient (Wildman–Crippen LogP) is 2.15. The molecule has 2 aliphatic rings. The lowest BCUT2D eigenvalue weighted by Gasteiger charge is -2.34. The molecule has 0 spiro atoms. The van der Waals surface area contributed by atoms with Crippen molar-refractivity contribution in [3.8, 4) is 0 Å². The van der Waals surface area contributed by atoms with Gasteiger partial charge in [-0.1, -0.05) is 0 Å². The van der Waals surface area contributed by atoms with Crippen LogP contribution >= 0.6 is 0 Å². The summed E-state index contributed by atoms with van der Waals surface area (Å²) >= 11 is 0. The number of rotatable bonds is 2. The molecule has 3 rings (SSSR count). The van der Waals surface area contributed by atoms with E-state index in [9.17, 15) is 4.79 Å². The van der Waals surface area contributed by atoms with Gasteiger partial charge in [0.2, 0.25) is 5.91 Å². The van der Waals surface area contributed by atoms with Crippen LogP contribution in [0.25, 0.3) is 0 Å². The van der Waals surface area contributed by atoms with E-state index in [1.54, 1.807) is 6.92 Å². The van der Waals surface area contributed by atoms with E-state index < -0.39 is 0 Å². The molecule has 0 aromatic heterocycles. The molecule has 0 radical (unpaired) electrons. The molecular weight excluding hydrogens is 250 g/mol. The predicted molar refractivity (Wildman–Crippen MR) is 82.3 cm³/mol. The van der Waals surface area contributed by atoms with Crippen LogP contribution in [0.4, 0.5) is 11.4 Å². The Hall–Kier alpha value is -1.71. The molecule has 1 saturated heterocycles. The first-order chi connectivity index (χ1) is 9.72. The van der Waals surface area contributed by atoms with E-state index in [2.05, 4.69) is 33.7 Å². The lowest BCUT2D eigenvalue weighted by molar-refractivity contribution is -0.119. The summed E-state index contributed by atoms with van der Waals surface area (Å²) in [6.45, 7) is 4.74. The fraction of sp³-hybridized carbons (Fsp3) is 0.562. The normalized spacial score (nSPS) is 19.1. The molecule has 1 fully saturated rings. The summed E-state index contributed by atoms with van der Waals surface area (Å²) in [6.07, 6.45) is 4.48. The Morgan fingerprint density at radius 3 is 2.90 bits per heavy atom. The zero-order chi connectivity index (χ0) is 13.9. The summed E-state index contributed by atoms with van der Waals surface area (Å²) < 4.78 is 0. The number of amides is 1. The number of carbonyl (C=O) groups is 1. The smallest absolute Gasteiger partial charge is 0.217 e. The summed E-state index contributed by atoms with van der Waals surface area (Å²) in [6, 6.07) is 7.11. The minimum Gasteiger partial charge on any atom is -0.385 e. The summed E-state index contributed by atoms with van der Waals surface area (Å²) in [5, 5.41) is 6.48. The maximum absolute atomic E-state index is 11.1. The monoisotopic (exact) mass is 273 g/mol. The maximum Gasteiger partial charge on any atom is 0.217 e. The number of hydrogen-bond donors (Lipinski definition) is 2. The quantitative estimate of drug-likeness (QED) is 0.868. The van der Waals surface area contributed by atoms with Crippen molar-refractivity contribution in [2.45, 2.75) is 38.6 Å². The average Bonchev–Trinajstić information content (AvgIpc) is 2.47. The minimum absolute atomic E-state index is 0.0864. The van der Waals surface area contributed by atoms with E-state index in [4.69, 9.17) is 0 Å². The van der Waals surface area contributed by atoms with Crippen LogP contribution in [0.3, 0.4) is 0 Å². The molecule has 0 saturated carbocycles. The Bertz CT molecular complexity index is 492.